The topological polar surface area (TPSA) is 62.3 Å². The smallest absolute Gasteiger partial charge is 0.230 e. The fourth-order valence-electron chi connectivity index (χ4n) is 3.84. The highest BCUT2D eigenvalue weighted by Gasteiger charge is 2.38. The molecule has 5 nitrogen and oxygen atoms in total. The summed E-state index contributed by atoms with van der Waals surface area (Å²) in [6.07, 6.45) is 9.25. The van der Waals surface area contributed by atoms with Crippen molar-refractivity contribution < 1.29 is 9.59 Å². The molecule has 0 bridgehead atoms. The van der Waals surface area contributed by atoms with Gasteiger partial charge in [-0.1, -0.05) is 18.9 Å². The maximum Gasteiger partial charge on any atom is 0.230 e. The first kappa shape index (κ1) is 14.7. The molecule has 2 aliphatic carbocycles. The highest BCUT2D eigenvalue weighted by molar-refractivity contribution is 5.96. The molecule has 1 unspecified atom stereocenters. The summed E-state index contributed by atoms with van der Waals surface area (Å²) in [4.78, 5) is 30.9. The first-order valence-corrected chi connectivity index (χ1v) is 8.77. The second-order valence-corrected chi connectivity index (χ2v) is 7.13. The third kappa shape index (κ3) is 3.09. The Morgan fingerprint density at radius 1 is 1.17 bits per heavy atom. The molecule has 3 fully saturated rings. The van der Waals surface area contributed by atoms with Crippen LogP contribution in [0.3, 0.4) is 0 Å². The quantitative estimate of drug-likeness (QED) is 0.929. The normalized spacial score (nSPS) is 25.1. The molecule has 1 aliphatic heterocycles. The Balaban J connectivity index is 1.36. The number of rotatable bonds is 4. The number of hydrogen-bond donors (Lipinski definition) is 1. The van der Waals surface area contributed by atoms with E-state index in [9.17, 15) is 9.59 Å². The van der Waals surface area contributed by atoms with Crippen LogP contribution in [0.4, 0.5) is 5.82 Å². The second kappa shape index (κ2) is 5.95. The third-order valence-corrected chi connectivity index (χ3v) is 5.38. The predicted molar refractivity (Wildman–Crippen MR) is 86.9 cm³/mol. The number of aromatic nitrogens is 1. The van der Waals surface area contributed by atoms with Gasteiger partial charge in [-0.2, -0.15) is 0 Å². The zero-order valence-electron chi connectivity index (χ0n) is 13.3. The molecule has 2 amide bonds. The molecule has 1 aromatic rings. The summed E-state index contributed by atoms with van der Waals surface area (Å²) in [5.74, 6) is 1.07. The van der Waals surface area contributed by atoms with Crippen molar-refractivity contribution >= 4 is 17.6 Å². The van der Waals surface area contributed by atoms with E-state index in [4.69, 9.17) is 0 Å². The van der Waals surface area contributed by atoms with Crippen LogP contribution in [-0.4, -0.2) is 34.3 Å². The van der Waals surface area contributed by atoms with Crippen LogP contribution in [0.25, 0.3) is 0 Å². The molecule has 0 spiro atoms. The molecule has 23 heavy (non-hydrogen) atoms. The molecule has 5 heteroatoms. The van der Waals surface area contributed by atoms with Gasteiger partial charge in [-0.15, -0.1) is 0 Å². The number of carbonyl (C=O) groups is 2. The fraction of sp³-hybridized carbons (Fsp3) is 0.611. The molecule has 1 aromatic heterocycles. The summed E-state index contributed by atoms with van der Waals surface area (Å²) in [6.45, 7) is 0.565. The summed E-state index contributed by atoms with van der Waals surface area (Å²) in [6, 6.07) is 4.28. The van der Waals surface area contributed by atoms with E-state index in [1.165, 1.54) is 31.2 Å². The molecule has 1 saturated heterocycles. The number of pyridine rings is 1. The zero-order chi connectivity index (χ0) is 15.8. The molecule has 2 heterocycles. The molecule has 0 aromatic carbocycles. The van der Waals surface area contributed by atoms with Crippen LogP contribution in [0, 0.1) is 5.92 Å². The Labute approximate surface area is 136 Å². The molecule has 1 N–H and O–H groups in total. The van der Waals surface area contributed by atoms with Gasteiger partial charge in [-0.25, -0.2) is 4.98 Å². The van der Waals surface area contributed by atoms with Crippen LogP contribution in [-0.2, 0) is 9.59 Å². The van der Waals surface area contributed by atoms with Crippen LogP contribution >= 0.6 is 0 Å². The van der Waals surface area contributed by atoms with Gasteiger partial charge in [-0.3, -0.25) is 9.59 Å². The molecule has 122 valence electrons. The Morgan fingerprint density at radius 3 is 2.61 bits per heavy atom. The SMILES string of the molecule is O=C(Nc1ccc(C2CC2)cn1)C1CC(=O)N(C2CCCC2)C1. The first-order valence-electron chi connectivity index (χ1n) is 8.77. The van der Waals surface area contributed by atoms with Gasteiger partial charge in [0.2, 0.25) is 11.8 Å². The summed E-state index contributed by atoms with van der Waals surface area (Å²) < 4.78 is 0. The van der Waals surface area contributed by atoms with Crippen molar-refractivity contribution in [2.75, 3.05) is 11.9 Å². The fourth-order valence-corrected chi connectivity index (χ4v) is 3.84. The van der Waals surface area contributed by atoms with E-state index in [0.717, 1.165) is 12.8 Å². The minimum absolute atomic E-state index is 0.0782. The van der Waals surface area contributed by atoms with Crippen molar-refractivity contribution in [3.8, 4) is 0 Å². The lowest BCUT2D eigenvalue weighted by atomic mass is 10.1. The number of likely N-dealkylation sites (tertiary alicyclic amines) is 1. The Hall–Kier alpha value is -1.91. The van der Waals surface area contributed by atoms with Gasteiger partial charge in [0.1, 0.15) is 5.82 Å². The summed E-state index contributed by atoms with van der Waals surface area (Å²) >= 11 is 0. The molecule has 0 radical (unpaired) electrons. The monoisotopic (exact) mass is 313 g/mol. The number of nitrogens with zero attached hydrogens (tertiary/aromatic N) is 2. The Kier molecular flexibility index (Phi) is 3.79. The van der Waals surface area contributed by atoms with Crippen molar-refractivity contribution in [3.63, 3.8) is 0 Å². The molecule has 3 aliphatic rings. The van der Waals surface area contributed by atoms with Crippen LogP contribution in [0.2, 0.25) is 0 Å². The van der Waals surface area contributed by atoms with Gasteiger partial charge >= 0.3 is 0 Å². The minimum Gasteiger partial charge on any atom is -0.339 e. The number of carbonyl (C=O) groups excluding carboxylic acids is 2. The van der Waals surface area contributed by atoms with Gasteiger partial charge in [0.05, 0.1) is 5.92 Å². The van der Waals surface area contributed by atoms with Gasteiger partial charge < -0.3 is 10.2 Å². The predicted octanol–water partition coefficient (Wildman–Crippen LogP) is 2.69. The lowest BCUT2D eigenvalue weighted by Gasteiger charge is -2.23. The number of nitrogens with one attached hydrogen (secondary N) is 1. The van der Waals surface area contributed by atoms with E-state index in [1.54, 1.807) is 0 Å². The van der Waals surface area contributed by atoms with Crippen LogP contribution < -0.4 is 5.32 Å². The summed E-state index contributed by atoms with van der Waals surface area (Å²) in [7, 11) is 0. The average molecular weight is 313 g/mol. The lowest BCUT2D eigenvalue weighted by molar-refractivity contribution is -0.129. The summed E-state index contributed by atoms with van der Waals surface area (Å²) in [5.41, 5.74) is 1.26. The maximum atomic E-state index is 12.4. The van der Waals surface area contributed by atoms with Crippen LogP contribution in [0.1, 0.15) is 56.4 Å². The van der Waals surface area contributed by atoms with E-state index in [1.807, 2.05) is 23.2 Å². The van der Waals surface area contributed by atoms with Gasteiger partial charge in [0, 0.05) is 25.2 Å². The highest BCUT2D eigenvalue weighted by atomic mass is 16.2. The molecule has 1 atom stereocenters. The van der Waals surface area contributed by atoms with E-state index in [-0.39, 0.29) is 17.7 Å². The summed E-state index contributed by atoms with van der Waals surface area (Å²) in [5, 5.41) is 2.87. The average Bonchev–Trinajstić information content (AvgIpc) is 3.11. The van der Waals surface area contributed by atoms with Gasteiger partial charge in [-0.05, 0) is 43.2 Å². The van der Waals surface area contributed by atoms with Crippen molar-refractivity contribution in [3.05, 3.63) is 23.9 Å². The van der Waals surface area contributed by atoms with E-state index in [2.05, 4.69) is 10.3 Å². The van der Waals surface area contributed by atoms with Crippen LogP contribution in [0.5, 0.6) is 0 Å². The van der Waals surface area contributed by atoms with Gasteiger partial charge in [0.25, 0.3) is 0 Å². The Morgan fingerprint density at radius 2 is 1.96 bits per heavy atom. The van der Waals surface area contributed by atoms with Crippen LogP contribution in [0.15, 0.2) is 18.3 Å². The van der Waals surface area contributed by atoms with Crippen molar-refractivity contribution in [2.24, 2.45) is 5.92 Å². The van der Waals surface area contributed by atoms with Crippen molar-refractivity contribution in [1.29, 1.82) is 0 Å². The standard InChI is InChI=1S/C18H23N3O2/c22-17-9-14(11-21(17)15-3-1-2-4-15)18(23)20-16-8-7-13(10-19-16)12-5-6-12/h7-8,10,12,14-15H,1-6,9,11H2,(H,19,20,23). The lowest BCUT2D eigenvalue weighted by Crippen LogP contribution is -2.35. The Bertz CT molecular complexity index is 603. The van der Waals surface area contributed by atoms with E-state index in [0.29, 0.717) is 30.7 Å². The maximum absolute atomic E-state index is 12.4. The van der Waals surface area contributed by atoms with E-state index < -0.39 is 0 Å². The van der Waals surface area contributed by atoms with Crippen molar-refractivity contribution in [1.82, 2.24) is 9.88 Å². The molecule has 2 saturated carbocycles. The number of hydrogen-bond acceptors (Lipinski definition) is 3. The molecular formula is C18H23N3O2. The van der Waals surface area contributed by atoms with Crippen molar-refractivity contribution in [2.45, 2.75) is 56.9 Å². The number of amides is 2. The third-order valence-electron chi connectivity index (χ3n) is 5.38. The molecule has 4 rings (SSSR count). The largest absolute Gasteiger partial charge is 0.339 e. The minimum atomic E-state index is -0.243. The second-order valence-electron chi connectivity index (χ2n) is 7.13. The highest BCUT2D eigenvalue weighted by Crippen LogP contribution is 2.39. The first-order chi connectivity index (χ1) is 11.2. The molecular weight excluding hydrogens is 290 g/mol. The van der Waals surface area contributed by atoms with Gasteiger partial charge in [0.15, 0.2) is 0 Å². The zero-order valence-corrected chi connectivity index (χ0v) is 13.3. The number of anilines is 1. The van der Waals surface area contributed by atoms with E-state index >= 15 is 0 Å².